The van der Waals surface area contributed by atoms with Crippen molar-refractivity contribution in [3.05, 3.63) is 59.4 Å². The highest BCUT2D eigenvalue weighted by Gasteiger charge is 2.32. The van der Waals surface area contributed by atoms with E-state index < -0.39 is 29.7 Å². The molecule has 1 aliphatic heterocycles. The predicted molar refractivity (Wildman–Crippen MR) is 117 cm³/mol. The quantitative estimate of drug-likeness (QED) is 0.692. The zero-order chi connectivity index (χ0) is 23.3. The summed E-state index contributed by atoms with van der Waals surface area (Å²) in [4.78, 5) is 39.5. The first kappa shape index (κ1) is 23.2. The van der Waals surface area contributed by atoms with Gasteiger partial charge >= 0.3 is 5.97 Å². The van der Waals surface area contributed by atoms with Crippen LogP contribution < -0.4 is 10.1 Å². The van der Waals surface area contributed by atoms with Crippen molar-refractivity contribution in [1.29, 1.82) is 0 Å². The molecule has 170 valence electrons. The molecular formula is C24H27FN2O5. The van der Waals surface area contributed by atoms with Gasteiger partial charge in [0.05, 0.1) is 18.7 Å². The first-order chi connectivity index (χ1) is 15.3. The third-order valence-corrected chi connectivity index (χ3v) is 5.41. The standard InChI is InChI=1S/C24H27FN2O5/c1-15-6-11-21(31-3)20(13-15)26-22(28)16(2)32-24(30)18-5-4-12-27(14-18)23(29)17-7-9-19(25)10-8-17/h6-11,13,16,18H,4-5,12,14H2,1-3H3,(H,26,28). The molecule has 1 aliphatic rings. The van der Waals surface area contributed by atoms with Gasteiger partial charge in [-0.1, -0.05) is 6.07 Å². The minimum atomic E-state index is -1.02. The van der Waals surface area contributed by atoms with Crippen LogP contribution in [0, 0.1) is 18.7 Å². The molecule has 2 atom stereocenters. The summed E-state index contributed by atoms with van der Waals surface area (Å²) in [6.45, 7) is 4.08. The fourth-order valence-corrected chi connectivity index (χ4v) is 3.61. The molecule has 1 saturated heterocycles. The summed E-state index contributed by atoms with van der Waals surface area (Å²) >= 11 is 0. The van der Waals surface area contributed by atoms with Gasteiger partial charge in [-0.25, -0.2) is 4.39 Å². The zero-order valence-electron chi connectivity index (χ0n) is 18.4. The number of nitrogens with zero attached hydrogens (tertiary/aromatic N) is 1. The Morgan fingerprint density at radius 3 is 2.56 bits per heavy atom. The number of piperidine rings is 1. The zero-order valence-corrected chi connectivity index (χ0v) is 18.4. The number of hydrogen-bond donors (Lipinski definition) is 1. The van der Waals surface area contributed by atoms with Gasteiger partial charge in [0, 0.05) is 18.7 Å². The van der Waals surface area contributed by atoms with Crippen LogP contribution in [0.15, 0.2) is 42.5 Å². The Hall–Kier alpha value is -3.42. The molecule has 32 heavy (non-hydrogen) atoms. The second kappa shape index (κ2) is 10.3. The molecule has 1 heterocycles. The summed E-state index contributed by atoms with van der Waals surface area (Å²) in [6, 6.07) is 10.7. The van der Waals surface area contributed by atoms with E-state index in [1.807, 2.05) is 13.0 Å². The molecular weight excluding hydrogens is 415 g/mol. The maximum absolute atomic E-state index is 13.1. The highest BCUT2D eigenvalue weighted by atomic mass is 19.1. The molecule has 0 saturated carbocycles. The molecule has 2 aromatic carbocycles. The van der Waals surface area contributed by atoms with Crippen LogP contribution in [0.2, 0.25) is 0 Å². The van der Waals surface area contributed by atoms with Crippen molar-refractivity contribution < 1.29 is 28.2 Å². The van der Waals surface area contributed by atoms with E-state index in [9.17, 15) is 18.8 Å². The Morgan fingerprint density at radius 1 is 1.16 bits per heavy atom. The van der Waals surface area contributed by atoms with Crippen molar-refractivity contribution in [3.8, 4) is 5.75 Å². The molecule has 3 rings (SSSR count). The lowest BCUT2D eigenvalue weighted by Crippen LogP contribution is -2.44. The lowest BCUT2D eigenvalue weighted by Gasteiger charge is -2.32. The summed E-state index contributed by atoms with van der Waals surface area (Å²) in [6.07, 6.45) is 0.177. The molecule has 0 bridgehead atoms. The average Bonchev–Trinajstić information content (AvgIpc) is 2.79. The van der Waals surface area contributed by atoms with Gasteiger partial charge in [0.1, 0.15) is 11.6 Å². The van der Waals surface area contributed by atoms with Crippen LogP contribution >= 0.6 is 0 Å². The minimum absolute atomic E-state index is 0.190. The van der Waals surface area contributed by atoms with Crippen molar-refractivity contribution in [2.24, 2.45) is 5.92 Å². The number of esters is 1. The Kier molecular flexibility index (Phi) is 7.45. The number of aryl methyl sites for hydroxylation is 1. The highest BCUT2D eigenvalue weighted by molar-refractivity contribution is 5.97. The van der Waals surface area contributed by atoms with Gasteiger partial charge in [-0.2, -0.15) is 0 Å². The molecule has 1 N–H and O–H groups in total. The van der Waals surface area contributed by atoms with Gasteiger partial charge in [-0.15, -0.1) is 0 Å². The number of methoxy groups -OCH3 is 1. The highest BCUT2D eigenvalue weighted by Crippen LogP contribution is 2.26. The van der Waals surface area contributed by atoms with E-state index in [-0.39, 0.29) is 12.5 Å². The number of halogens is 1. The molecule has 2 aromatic rings. The maximum Gasteiger partial charge on any atom is 0.311 e. The number of nitrogens with one attached hydrogen (secondary N) is 1. The molecule has 0 aromatic heterocycles. The van der Waals surface area contributed by atoms with Crippen LogP contribution in [0.3, 0.4) is 0 Å². The smallest absolute Gasteiger partial charge is 0.311 e. The molecule has 7 nitrogen and oxygen atoms in total. The van der Waals surface area contributed by atoms with Gasteiger partial charge in [0.15, 0.2) is 6.10 Å². The van der Waals surface area contributed by atoms with Gasteiger partial charge in [-0.3, -0.25) is 14.4 Å². The minimum Gasteiger partial charge on any atom is -0.495 e. The summed E-state index contributed by atoms with van der Waals surface area (Å²) in [7, 11) is 1.51. The van der Waals surface area contributed by atoms with Crippen LogP contribution in [0.4, 0.5) is 10.1 Å². The SMILES string of the molecule is COc1ccc(C)cc1NC(=O)C(C)OC(=O)C1CCCN(C(=O)c2ccc(F)cc2)C1. The Labute approximate surface area is 186 Å². The average molecular weight is 442 g/mol. The van der Waals surface area contributed by atoms with Gasteiger partial charge in [-0.05, 0) is 68.7 Å². The molecule has 0 spiro atoms. The second-order valence-corrected chi connectivity index (χ2v) is 7.87. The summed E-state index contributed by atoms with van der Waals surface area (Å²) in [5.74, 6) is -1.71. The number of ether oxygens (including phenoxy) is 2. The van der Waals surface area contributed by atoms with Crippen LogP contribution in [0.1, 0.15) is 35.7 Å². The van der Waals surface area contributed by atoms with Gasteiger partial charge in [0.25, 0.3) is 11.8 Å². The molecule has 0 aliphatic carbocycles. The number of hydrogen-bond acceptors (Lipinski definition) is 5. The topological polar surface area (TPSA) is 84.9 Å². The van der Waals surface area contributed by atoms with E-state index in [1.54, 1.807) is 17.0 Å². The Morgan fingerprint density at radius 2 is 1.88 bits per heavy atom. The summed E-state index contributed by atoms with van der Waals surface area (Å²) in [5, 5.41) is 2.73. The van der Waals surface area contributed by atoms with Crippen LogP contribution in [0.5, 0.6) is 5.75 Å². The lowest BCUT2D eigenvalue weighted by atomic mass is 9.97. The molecule has 2 amide bonds. The Bertz CT molecular complexity index is 992. The van der Waals surface area contributed by atoms with Crippen molar-refractivity contribution in [3.63, 3.8) is 0 Å². The van der Waals surface area contributed by atoms with Crippen LogP contribution in [0.25, 0.3) is 0 Å². The number of amides is 2. The first-order valence-corrected chi connectivity index (χ1v) is 10.5. The second-order valence-electron chi connectivity index (χ2n) is 7.87. The van der Waals surface area contributed by atoms with E-state index in [2.05, 4.69) is 5.32 Å². The monoisotopic (exact) mass is 442 g/mol. The number of rotatable bonds is 6. The lowest BCUT2D eigenvalue weighted by molar-refractivity contribution is -0.158. The fourth-order valence-electron chi connectivity index (χ4n) is 3.61. The summed E-state index contributed by atoms with van der Waals surface area (Å²) < 4.78 is 23.8. The third kappa shape index (κ3) is 5.63. The number of carbonyl (C=O) groups excluding carboxylic acids is 3. The van der Waals surface area contributed by atoms with Gasteiger partial charge in [0.2, 0.25) is 0 Å². The van der Waals surface area contributed by atoms with E-state index >= 15 is 0 Å². The van der Waals surface area contributed by atoms with Crippen LogP contribution in [-0.4, -0.2) is 49.0 Å². The normalized spacial score (nSPS) is 16.8. The predicted octanol–water partition coefficient (Wildman–Crippen LogP) is 3.57. The number of likely N-dealkylation sites (tertiary alicyclic amines) is 1. The molecule has 8 heteroatoms. The first-order valence-electron chi connectivity index (χ1n) is 10.5. The number of carbonyl (C=O) groups is 3. The summed E-state index contributed by atoms with van der Waals surface area (Å²) in [5.41, 5.74) is 1.80. The van der Waals surface area contributed by atoms with E-state index in [0.717, 1.165) is 5.56 Å². The Balaban J connectivity index is 1.58. The maximum atomic E-state index is 13.1. The third-order valence-electron chi connectivity index (χ3n) is 5.41. The van der Waals surface area contributed by atoms with Crippen molar-refractivity contribution >= 4 is 23.5 Å². The van der Waals surface area contributed by atoms with Crippen molar-refractivity contribution in [2.75, 3.05) is 25.5 Å². The van der Waals surface area contributed by atoms with Gasteiger partial charge < -0.3 is 19.7 Å². The molecule has 2 unspecified atom stereocenters. The number of anilines is 1. The molecule has 0 radical (unpaired) electrons. The number of benzene rings is 2. The van der Waals surface area contributed by atoms with E-state index in [4.69, 9.17) is 9.47 Å². The molecule has 1 fully saturated rings. The van der Waals surface area contributed by atoms with E-state index in [0.29, 0.717) is 36.4 Å². The van der Waals surface area contributed by atoms with Crippen molar-refractivity contribution in [2.45, 2.75) is 32.8 Å². The largest absolute Gasteiger partial charge is 0.495 e. The fraction of sp³-hybridized carbons (Fsp3) is 0.375. The van der Waals surface area contributed by atoms with Crippen molar-refractivity contribution in [1.82, 2.24) is 4.90 Å². The van der Waals surface area contributed by atoms with E-state index in [1.165, 1.54) is 38.3 Å². The van der Waals surface area contributed by atoms with Crippen LogP contribution in [-0.2, 0) is 14.3 Å².